The van der Waals surface area contributed by atoms with Gasteiger partial charge in [-0.1, -0.05) is 24.3 Å². The number of nitro groups is 1. The Balaban J connectivity index is 1.56. The molecule has 7 nitrogen and oxygen atoms in total. The predicted molar refractivity (Wildman–Crippen MR) is 121 cm³/mol. The van der Waals surface area contributed by atoms with Gasteiger partial charge in [0.15, 0.2) is 0 Å². The fraction of sp³-hybridized carbons (Fsp3) is 0.0476. The molecule has 1 aromatic heterocycles. The number of imide groups is 1. The van der Waals surface area contributed by atoms with Crippen LogP contribution < -0.4 is 0 Å². The van der Waals surface area contributed by atoms with Gasteiger partial charge in [0.2, 0.25) is 0 Å². The SMILES string of the molecule is O=C1S/C(=C\c2ccc(-c3ccccc3[N+](=O)[O-])o2)C(=O)N1Cc1ccc(I)cc1. The second-order valence-electron chi connectivity index (χ2n) is 6.37. The molecule has 0 N–H and O–H groups in total. The van der Waals surface area contributed by atoms with Crippen LogP contribution in [0, 0.1) is 13.7 Å². The van der Waals surface area contributed by atoms with Crippen LogP contribution in [0.15, 0.2) is 70.0 Å². The zero-order chi connectivity index (χ0) is 21.3. The van der Waals surface area contributed by atoms with Gasteiger partial charge in [-0.2, -0.15) is 0 Å². The van der Waals surface area contributed by atoms with E-state index in [1.54, 1.807) is 30.3 Å². The number of rotatable bonds is 5. The van der Waals surface area contributed by atoms with Gasteiger partial charge in [0.05, 0.1) is 21.9 Å². The zero-order valence-corrected chi connectivity index (χ0v) is 18.3. The van der Waals surface area contributed by atoms with Crippen molar-refractivity contribution in [2.24, 2.45) is 0 Å². The van der Waals surface area contributed by atoms with Crippen molar-refractivity contribution in [2.45, 2.75) is 6.54 Å². The summed E-state index contributed by atoms with van der Waals surface area (Å²) >= 11 is 3.03. The molecule has 2 aromatic carbocycles. The lowest BCUT2D eigenvalue weighted by Crippen LogP contribution is -2.27. The summed E-state index contributed by atoms with van der Waals surface area (Å²) in [6.45, 7) is 0.193. The lowest BCUT2D eigenvalue weighted by Gasteiger charge is -2.12. The smallest absolute Gasteiger partial charge is 0.293 e. The number of nitro benzene ring substituents is 1. The number of hydrogen-bond donors (Lipinski definition) is 0. The molecule has 1 saturated heterocycles. The summed E-state index contributed by atoms with van der Waals surface area (Å²) in [5.74, 6) is 0.252. The van der Waals surface area contributed by atoms with E-state index in [0.717, 1.165) is 20.9 Å². The molecule has 1 fully saturated rings. The third-order valence-electron chi connectivity index (χ3n) is 4.39. The van der Waals surface area contributed by atoms with Crippen LogP contribution in [0.1, 0.15) is 11.3 Å². The third-order valence-corrected chi connectivity index (χ3v) is 6.02. The Morgan fingerprint density at radius 1 is 1.07 bits per heavy atom. The van der Waals surface area contributed by atoms with Crippen LogP contribution in [0.2, 0.25) is 0 Å². The van der Waals surface area contributed by atoms with Crippen LogP contribution in [0.25, 0.3) is 17.4 Å². The quantitative estimate of drug-likeness (QED) is 0.181. The maximum absolute atomic E-state index is 12.7. The number of para-hydroxylation sites is 1. The lowest BCUT2D eigenvalue weighted by atomic mass is 10.1. The summed E-state index contributed by atoms with van der Waals surface area (Å²) in [5, 5.41) is 10.9. The van der Waals surface area contributed by atoms with Gasteiger partial charge in [-0.15, -0.1) is 0 Å². The second kappa shape index (κ2) is 8.44. The summed E-state index contributed by atoms with van der Waals surface area (Å²) in [4.78, 5) is 37.2. The summed E-state index contributed by atoms with van der Waals surface area (Å²) in [7, 11) is 0. The summed E-state index contributed by atoms with van der Waals surface area (Å²) in [6.07, 6.45) is 1.48. The van der Waals surface area contributed by atoms with Crippen molar-refractivity contribution in [1.82, 2.24) is 4.90 Å². The van der Waals surface area contributed by atoms with Crippen LogP contribution in [0.5, 0.6) is 0 Å². The molecule has 0 radical (unpaired) electrons. The third kappa shape index (κ3) is 4.17. The van der Waals surface area contributed by atoms with Crippen molar-refractivity contribution >= 4 is 57.3 Å². The molecule has 150 valence electrons. The molecule has 4 rings (SSSR count). The van der Waals surface area contributed by atoms with Crippen molar-refractivity contribution < 1.29 is 18.9 Å². The number of benzene rings is 2. The first-order valence-corrected chi connectivity index (χ1v) is 10.7. The van der Waals surface area contributed by atoms with Gasteiger partial charge in [0.1, 0.15) is 11.5 Å². The maximum Gasteiger partial charge on any atom is 0.293 e. The van der Waals surface area contributed by atoms with E-state index in [-0.39, 0.29) is 22.4 Å². The molecule has 0 aliphatic carbocycles. The highest BCUT2D eigenvalue weighted by Crippen LogP contribution is 2.35. The molecule has 30 heavy (non-hydrogen) atoms. The Morgan fingerprint density at radius 2 is 1.80 bits per heavy atom. The molecule has 0 bridgehead atoms. The molecule has 2 amide bonds. The number of furan rings is 1. The molecule has 9 heteroatoms. The van der Waals surface area contributed by atoms with Gasteiger partial charge in [-0.3, -0.25) is 24.6 Å². The van der Waals surface area contributed by atoms with Crippen LogP contribution in [-0.4, -0.2) is 21.0 Å². The van der Waals surface area contributed by atoms with Crippen LogP contribution >= 0.6 is 34.4 Å². The highest BCUT2D eigenvalue weighted by atomic mass is 127. The Bertz CT molecular complexity index is 1190. The van der Waals surface area contributed by atoms with Crippen LogP contribution in [0.3, 0.4) is 0 Å². The molecule has 0 unspecified atom stereocenters. The van der Waals surface area contributed by atoms with Gasteiger partial charge in [-0.05, 0) is 70.2 Å². The van der Waals surface area contributed by atoms with E-state index in [0.29, 0.717) is 17.1 Å². The minimum atomic E-state index is -0.479. The lowest BCUT2D eigenvalue weighted by molar-refractivity contribution is -0.384. The predicted octanol–water partition coefficient (Wildman–Crippen LogP) is 5.70. The van der Waals surface area contributed by atoms with E-state index < -0.39 is 10.8 Å². The molecule has 3 aromatic rings. The van der Waals surface area contributed by atoms with Crippen LogP contribution in [-0.2, 0) is 11.3 Å². The number of halogens is 1. The van der Waals surface area contributed by atoms with E-state index >= 15 is 0 Å². The molecule has 2 heterocycles. The summed E-state index contributed by atoms with van der Waals surface area (Å²) < 4.78 is 6.76. The van der Waals surface area contributed by atoms with Crippen molar-refractivity contribution in [3.8, 4) is 11.3 Å². The number of nitrogens with zero attached hydrogens (tertiary/aromatic N) is 2. The van der Waals surface area contributed by atoms with Crippen molar-refractivity contribution in [3.05, 3.63) is 90.6 Å². The number of hydrogen-bond acceptors (Lipinski definition) is 6. The van der Waals surface area contributed by atoms with Crippen molar-refractivity contribution in [3.63, 3.8) is 0 Å². The molecular weight excluding hydrogens is 519 g/mol. The van der Waals surface area contributed by atoms with Gasteiger partial charge in [0.25, 0.3) is 16.8 Å². The number of amides is 2. The van der Waals surface area contributed by atoms with E-state index in [1.807, 2.05) is 24.3 Å². The standard InChI is InChI=1S/C21H13IN2O5S/c22-14-7-5-13(6-8-14)12-23-20(25)19(30-21(23)26)11-15-9-10-18(29-15)16-3-1-2-4-17(16)24(27)28/h1-11H,12H2/b19-11-. The number of carbonyl (C=O) groups excluding carboxylic acids is 2. The first kappa shape index (κ1) is 20.4. The molecular formula is C21H13IN2O5S. The summed E-state index contributed by atoms with van der Waals surface area (Å²) in [5.41, 5.74) is 1.13. The molecule has 0 spiro atoms. The van der Waals surface area contributed by atoms with Gasteiger partial charge >= 0.3 is 0 Å². The maximum atomic E-state index is 12.7. The fourth-order valence-electron chi connectivity index (χ4n) is 2.95. The minimum absolute atomic E-state index is 0.0729. The second-order valence-corrected chi connectivity index (χ2v) is 8.61. The van der Waals surface area contributed by atoms with E-state index in [4.69, 9.17) is 4.42 Å². The molecule has 0 atom stereocenters. The van der Waals surface area contributed by atoms with Crippen molar-refractivity contribution in [2.75, 3.05) is 0 Å². The number of thioether (sulfide) groups is 1. The minimum Gasteiger partial charge on any atom is -0.456 e. The average Bonchev–Trinajstić information content (AvgIpc) is 3.30. The monoisotopic (exact) mass is 532 g/mol. The van der Waals surface area contributed by atoms with E-state index in [1.165, 1.54) is 17.0 Å². The first-order chi connectivity index (χ1) is 14.4. The van der Waals surface area contributed by atoms with Gasteiger partial charge in [-0.25, -0.2) is 0 Å². The average molecular weight is 532 g/mol. The molecule has 0 saturated carbocycles. The largest absolute Gasteiger partial charge is 0.456 e. The number of carbonyl (C=O) groups is 2. The zero-order valence-electron chi connectivity index (χ0n) is 15.3. The highest BCUT2D eigenvalue weighted by molar-refractivity contribution is 14.1. The van der Waals surface area contributed by atoms with Gasteiger partial charge in [0, 0.05) is 15.7 Å². The normalized spacial score (nSPS) is 15.2. The first-order valence-electron chi connectivity index (χ1n) is 8.76. The van der Waals surface area contributed by atoms with E-state index in [2.05, 4.69) is 22.6 Å². The Hall–Kier alpha value is -2.92. The van der Waals surface area contributed by atoms with Crippen LogP contribution in [0.4, 0.5) is 10.5 Å². The van der Waals surface area contributed by atoms with Gasteiger partial charge < -0.3 is 4.42 Å². The molecule has 1 aliphatic heterocycles. The Labute approximate surface area is 189 Å². The van der Waals surface area contributed by atoms with E-state index in [9.17, 15) is 19.7 Å². The topological polar surface area (TPSA) is 93.7 Å². The highest BCUT2D eigenvalue weighted by Gasteiger charge is 2.35. The summed E-state index contributed by atoms with van der Waals surface area (Å²) in [6, 6.07) is 17.0. The van der Waals surface area contributed by atoms with Crippen molar-refractivity contribution in [1.29, 1.82) is 0 Å². The molecule has 1 aliphatic rings. The fourth-order valence-corrected chi connectivity index (χ4v) is 4.13. The Kier molecular flexibility index (Phi) is 5.73. The Morgan fingerprint density at radius 3 is 2.53 bits per heavy atom.